The molecule has 0 amide bonds. The van der Waals surface area contributed by atoms with E-state index in [1.807, 2.05) is 54.6 Å². The van der Waals surface area contributed by atoms with Gasteiger partial charge < -0.3 is 15.0 Å². The Kier molecular flexibility index (Phi) is 6.26. The van der Waals surface area contributed by atoms with Crippen molar-refractivity contribution < 1.29 is 4.74 Å². The van der Waals surface area contributed by atoms with Gasteiger partial charge >= 0.3 is 0 Å². The number of ether oxygens (including phenoxy) is 1. The molecule has 6 heteroatoms. The Balaban J connectivity index is 1.43. The zero-order chi connectivity index (χ0) is 21.8. The third-order valence-corrected chi connectivity index (χ3v) is 6.28. The van der Waals surface area contributed by atoms with Crippen LogP contribution in [0.3, 0.4) is 0 Å². The van der Waals surface area contributed by atoms with Crippen LogP contribution >= 0.6 is 11.6 Å². The summed E-state index contributed by atoms with van der Waals surface area (Å²) in [5, 5.41) is 5.28. The molecule has 0 unspecified atom stereocenters. The number of fused-ring (bicyclic) bond motifs is 1. The van der Waals surface area contributed by atoms with Crippen molar-refractivity contribution in [3.05, 3.63) is 71.4 Å². The summed E-state index contributed by atoms with van der Waals surface area (Å²) < 4.78 is 5.93. The third-order valence-electron chi connectivity index (χ3n) is 6.05. The van der Waals surface area contributed by atoms with Crippen LogP contribution in [0.4, 0.5) is 5.82 Å². The van der Waals surface area contributed by atoms with Gasteiger partial charge in [-0.2, -0.15) is 0 Å². The minimum Gasteiger partial charge on any atom is -0.487 e. The Bertz CT molecular complexity index is 1190. The normalized spacial score (nSPS) is 14.5. The molecule has 4 aromatic rings. The van der Waals surface area contributed by atoms with Crippen molar-refractivity contribution in [3.8, 4) is 17.1 Å². The van der Waals surface area contributed by atoms with Crippen molar-refractivity contribution in [1.29, 1.82) is 0 Å². The van der Waals surface area contributed by atoms with Gasteiger partial charge in [0, 0.05) is 17.1 Å². The first-order valence-corrected chi connectivity index (χ1v) is 11.7. The number of hydrogen-bond acceptors (Lipinski definition) is 4. The molecule has 32 heavy (non-hydrogen) atoms. The summed E-state index contributed by atoms with van der Waals surface area (Å²) >= 11 is 6.07. The Morgan fingerprint density at radius 1 is 0.969 bits per heavy atom. The van der Waals surface area contributed by atoms with Gasteiger partial charge in [0.05, 0.1) is 11.1 Å². The fraction of sp³-hybridized carbons (Fsp3) is 0.308. The van der Waals surface area contributed by atoms with E-state index in [-0.39, 0.29) is 0 Å². The summed E-state index contributed by atoms with van der Waals surface area (Å²) in [6.45, 7) is 1.35. The number of rotatable bonds is 7. The highest BCUT2D eigenvalue weighted by atomic mass is 35.5. The molecular formula is C26H27ClN4O. The Hall–Kier alpha value is -3.05. The average molecular weight is 447 g/mol. The molecule has 1 saturated carbocycles. The van der Waals surface area contributed by atoms with Gasteiger partial charge in [-0.1, -0.05) is 67.3 Å². The van der Waals surface area contributed by atoms with E-state index in [4.69, 9.17) is 26.3 Å². The van der Waals surface area contributed by atoms with Crippen molar-refractivity contribution in [2.45, 2.75) is 38.7 Å². The first-order chi connectivity index (χ1) is 15.7. The Morgan fingerprint density at radius 2 is 1.81 bits per heavy atom. The number of H-pyrrole nitrogens is 1. The molecule has 5 nitrogen and oxygen atoms in total. The number of aromatic amines is 1. The maximum absolute atomic E-state index is 6.07. The SMILES string of the molecule is Clc1cccc(OCc2cc3c(NCC4CCCCC4)nc(-c4ccccc4)nc3[nH]2)c1. The number of hydrogen-bond donors (Lipinski definition) is 2. The van der Waals surface area contributed by atoms with Gasteiger partial charge in [-0.15, -0.1) is 0 Å². The van der Waals surface area contributed by atoms with E-state index in [1.54, 1.807) is 0 Å². The van der Waals surface area contributed by atoms with Crippen molar-refractivity contribution in [2.75, 3.05) is 11.9 Å². The second-order valence-corrected chi connectivity index (χ2v) is 8.89. The van der Waals surface area contributed by atoms with Crippen molar-refractivity contribution in [1.82, 2.24) is 15.0 Å². The largest absolute Gasteiger partial charge is 0.487 e. The molecule has 2 aromatic carbocycles. The molecule has 0 atom stereocenters. The molecule has 0 spiro atoms. The standard InChI is InChI=1S/C26H27ClN4O/c27-20-12-7-13-22(14-20)32-17-21-15-23-25(28-16-18-8-3-1-4-9-18)30-24(31-26(23)29-21)19-10-5-2-6-11-19/h2,5-7,10-15,18H,1,3-4,8-9,16-17H2,(H2,28,29,30,31). The summed E-state index contributed by atoms with van der Waals surface area (Å²) in [6.07, 6.45) is 6.60. The molecule has 1 fully saturated rings. The number of anilines is 1. The predicted molar refractivity (Wildman–Crippen MR) is 130 cm³/mol. The third kappa shape index (κ3) is 4.89. The zero-order valence-electron chi connectivity index (χ0n) is 18.0. The van der Waals surface area contributed by atoms with Crippen LogP contribution in [0.25, 0.3) is 22.4 Å². The van der Waals surface area contributed by atoms with Gasteiger partial charge in [-0.05, 0) is 43.0 Å². The van der Waals surface area contributed by atoms with Crippen LogP contribution in [0, 0.1) is 5.92 Å². The fourth-order valence-electron chi connectivity index (χ4n) is 4.34. The van der Waals surface area contributed by atoms with E-state index >= 15 is 0 Å². The van der Waals surface area contributed by atoms with Crippen molar-refractivity contribution in [3.63, 3.8) is 0 Å². The maximum atomic E-state index is 6.07. The first kappa shape index (κ1) is 20.8. The second-order valence-electron chi connectivity index (χ2n) is 8.45. The number of nitrogens with zero attached hydrogens (tertiary/aromatic N) is 2. The molecule has 0 aliphatic heterocycles. The van der Waals surface area contributed by atoms with Gasteiger partial charge in [0.15, 0.2) is 5.82 Å². The zero-order valence-corrected chi connectivity index (χ0v) is 18.7. The minimum atomic E-state index is 0.402. The lowest BCUT2D eigenvalue weighted by Crippen LogP contribution is -2.18. The Morgan fingerprint density at radius 3 is 2.62 bits per heavy atom. The number of benzene rings is 2. The van der Waals surface area contributed by atoms with Crippen LogP contribution in [0.1, 0.15) is 37.8 Å². The van der Waals surface area contributed by atoms with E-state index in [1.165, 1.54) is 32.1 Å². The molecule has 2 N–H and O–H groups in total. The van der Waals surface area contributed by atoms with Crippen LogP contribution in [-0.2, 0) is 6.61 Å². The molecule has 2 aromatic heterocycles. The lowest BCUT2D eigenvalue weighted by Gasteiger charge is -2.22. The smallest absolute Gasteiger partial charge is 0.163 e. The molecule has 0 radical (unpaired) electrons. The monoisotopic (exact) mass is 446 g/mol. The predicted octanol–water partition coefficient (Wildman–Crippen LogP) is 6.85. The molecule has 0 saturated heterocycles. The molecule has 2 heterocycles. The Labute approximate surface area is 193 Å². The molecule has 164 valence electrons. The van der Waals surface area contributed by atoms with E-state index in [0.29, 0.717) is 23.4 Å². The lowest BCUT2D eigenvalue weighted by atomic mass is 9.89. The summed E-state index contributed by atoms with van der Waals surface area (Å²) in [5.74, 6) is 3.04. The van der Waals surface area contributed by atoms with Crippen LogP contribution in [0.5, 0.6) is 5.75 Å². The van der Waals surface area contributed by atoms with E-state index < -0.39 is 0 Å². The quantitative estimate of drug-likeness (QED) is 0.326. The molecule has 0 bridgehead atoms. The number of nitrogens with one attached hydrogen (secondary N) is 2. The second kappa shape index (κ2) is 9.61. The number of halogens is 1. The topological polar surface area (TPSA) is 62.8 Å². The number of aromatic nitrogens is 3. The molecular weight excluding hydrogens is 420 g/mol. The minimum absolute atomic E-state index is 0.402. The van der Waals surface area contributed by atoms with Crippen LogP contribution < -0.4 is 10.1 Å². The van der Waals surface area contributed by atoms with Crippen molar-refractivity contribution in [2.24, 2.45) is 5.92 Å². The molecule has 5 rings (SSSR count). The molecule has 1 aliphatic carbocycles. The summed E-state index contributed by atoms with van der Waals surface area (Å²) in [6, 6.07) is 19.6. The summed E-state index contributed by atoms with van der Waals surface area (Å²) in [7, 11) is 0. The first-order valence-electron chi connectivity index (χ1n) is 11.3. The van der Waals surface area contributed by atoms with Gasteiger partial charge in [0.2, 0.25) is 0 Å². The average Bonchev–Trinajstić information content (AvgIpc) is 3.26. The summed E-state index contributed by atoms with van der Waals surface area (Å²) in [4.78, 5) is 13.1. The fourth-order valence-corrected chi connectivity index (χ4v) is 4.52. The van der Waals surface area contributed by atoms with Gasteiger partial charge in [-0.3, -0.25) is 0 Å². The van der Waals surface area contributed by atoms with Gasteiger partial charge in [-0.25, -0.2) is 9.97 Å². The highest BCUT2D eigenvalue weighted by Gasteiger charge is 2.16. The highest BCUT2D eigenvalue weighted by Crippen LogP contribution is 2.29. The van der Waals surface area contributed by atoms with E-state index in [0.717, 1.165) is 40.4 Å². The van der Waals surface area contributed by atoms with E-state index in [9.17, 15) is 0 Å². The summed E-state index contributed by atoms with van der Waals surface area (Å²) in [5.41, 5.74) is 2.76. The van der Waals surface area contributed by atoms with Crippen LogP contribution in [-0.4, -0.2) is 21.5 Å². The molecule has 1 aliphatic rings. The van der Waals surface area contributed by atoms with Crippen LogP contribution in [0.15, 0.2) is 60.7 Å². The highest BCUT2D eigenvalue weighted by molar-refractivity contribution is 6.30. The van der Waals surface area contributed by atoms with Crippen LogP contribution in [0.2, 0.25) is 5.02 Å². The van der Waals surface area contributed by atoms with Gasteiger partial charge in [0.25, 0.3) is 0 Å². The maximum Gasteiger partial charge on any atom is 0.163 e. The van der Waals surface area contributed by atoms with Crippen molar-refractivity contribution >= 4 is 28.5 Å². The van der Waals surface area contributed by atoms with Gasteiger partial charge in [0.1, 0.15) is 23.8 Å². The lowest BCUT2D eigenvalue weighted by molar-refractivity contribution is 0.302. The van der Waals surface area contributed by atoms with E-state index in [2.05, 4.69) is 16.4 Å².